The van der Waals surface area contributed by atoms with Crippen LogP contribution in [0, 0.1) is 5.82 Å². The highest BCUT2D eigenvalue weighted by atomic mass is 35.5. The molecule has 1 N–H and O–H groups in total. The van der Waals surface area contributed by atoms with Gasteiger partial charge >= 0.3 is 6.01 Å². The predicted octanol–water partition coefficient (Wildman–Crippen LogP) is 2.69. The third kappa shape index (κ3) is 3.54. The van der Waals surface area contributed by atoms with Crippen molar-refractivity contribution in [2.45, 2.75) is 25.3 Å². The Hall–Kier alpha value is -2.45. The number of likely N-dealkylation sites (tertiary alicyclic amines) is 1. The number of aromatic nitrogens is 4. The van der Waals surface area contributed by atoms with Crippen LogP contribution in [0.3, 0.4) is 0 Å². The van der Waals surface area contributed by atoms with E-state index in [1.807, 2.05) is 0 Å². The molecule has 1 saturated heterocycles. The summed E-state index contributed by atoms with van der Waals surface area (Å²) in [6.07, 6.45) is 3.87. The Labute approximate surface area is 160 Å². The van der Waals surface area contributed by atoms with Crippen LogP contribution in [0.5, 0.6) is 11.9 Å². The summed E-state index contributed by atoms with van der Waals surface area (Å²) in [5.74, 6) is -0.692. The Morgan fingerprint density at radius 2 is 2.26 bits per heavy atom. The highest BCUT2D eigenvalue weighted by Crippen LogP contribution is 2.25. The zero-order valence-corrected chi connectivity index (χ0v) is 15.5. The fourth-order valence-corrected chi connectivity index (χ4v) is 3.55. The zero-order chi connectivity index (χ0) is 19.0. The minimum atomic E-state index is -0.406. The minimum absolute atomic E-state index is 0.0548. The first-order valence-electron chi connectivity index (χ1n) is 8.72. The molecule has 1 atom stereocenters. The van der Waals surface area contributed by atoms with Crippen LogP contribution >= 0.6 is 11.6 Å². The van der Waals surface area contributed by atoms with Crippen molar-refractivity contribution in [1.82, 2.24) is 24.5 Å². The topological polar surface area (TPSA) is 75.8 Å². The van der Waals surface area contributed by atoms with E-state index in [9.17, 15) is 9.50 Å². The SMILES string of the molecule is CN1CCCC1COc1nc(O)c2ncc(Cc3c(F)cccc3Cl)n2n1. The van der Waals surface area contributed by atoms with Crippen molar-refractivity contribution < 1.29 is 14.2 Å². The smallest absolute Gasteiger partial charge is 0.337 e. The third-order valence-electron chi connectivity index (χ3n) is 4.89. The largest absolute Gasteiger partial charge is 0.490 e. The summed E-state index contributed by atoms with van der Waals surface area (Å²) in [6.45, 7) is 1.47. The standard InChI is InChI=1S/C18H19ClFN5O2/c1-24-7-3-4-11(24)10-27-18-22-17(26)16-21-9-12(25(16)23-18)8-13-14(19)5-2-6-15(13)20/h2,5-6,9,11H,3-4,7-8,10H2,1H3,(H,22,23,26). The monoisotopic (exact) mass is 391 g/mol. The highest BCUT2D eigenvalue weighted by molar-refractivity contribution is 6.31. The molecule has 7 nitrogen and oxygen atoms in total. The van der Waals surface area contributed by atoms with E-state index in [-0.39, 0.29) is 24.0 Å². The van der Waals surface area contributed by atoms with E-state index >= 15 is 0 Å². The summed E-state index contributed by atoms with van der Waals surface area (Å²) in [5.41, 5.74) is 1.09. The molecule has 1 aromatic carbocycles. The van der Waals surface area contributed by atoms with E-state index in [2.05, 4.69) is 27.0 Å². The maximum Gasteiger partial charge on any atom is 0.337 e. The lowest BCUT2D eigenvalue weighted by Crippen LogP contribution is -2.31. The number of halogens is 2. The van der Waals surface area contributed by atoms with Crippen LogP contribution in [-0.2, 0) is 6.42 Å². The lowest BCUT2D eigenvalue weighted by atomic mass is 10.1. The van der Waals surface area contributed by atoms with Crippen LogP contribution in [0.25, 0.3) is 5.65 Å². The number of aromatic hydroxyl groups is 1. The van der Waals surface area contributed by atoms with Gasteiger partial charge in [0.15, 0.2) is 0 Å². The number of benzene rings is 1. The molecule has 0 aliphatic carbocycles. The second-order valence-corrected chi connectivity index (χ2v) is 7.07. The first kappa shape index (κ1) is 17.9. The molecule has 1 unspecified atom stereocenters. The van der Waals surface area contributed by atoms with Gasteiger partial charge in [0.25, 0.3) is 5.88 Å². The molecular weight excluding hydrogens is 373 g/mol. The van der Waals surface area contributed by atoms with Crippen LogP contribution in [0.15, 0.2) is 24.4 Å². The number of likely N-dealkylation sites (N-methyl/N-ethyl adjacent to an activating group) is 1. The third-order valence-corrected chi connectivity index (χ3v) is 5.25. The van der Waals surface area contributed by atoms with E-state index < -0.39 is 5.82 Å². The molecule has 142 valence electrons. The Balaban J connectivity index is 1.62. The van der Waals surface area contributed by atoms with Crippen molar-refractivity contribution in [2.24, 2.45) is 0 Å². The molecule has 0 spiro atoms. The van der Waals surface area contributed by atoms with Crippen LogP contribution in [0.2, 0.25) is 5.02 Å². The molecule has 0 amide bonds. The summed E-state index contributed by atoms with van der Waals surface area (Å²) in [4.78, 5) is 10.3. The van der Waals surface area contributed by atoms with E-state index in [1.165, 1.54) is 16.8 Å². The summed E-state index contributed by atoms with van der Waals surface area (Å²) < 4.78 is 21.2. The van der Waals surface area contributed by atoms with Gasteiger partial charge < -0.3 is 14.7 Å². The molecule has 27 heavy (non-hydrogen) atoms. The average molecular weight is 392 g/mol. The Bertz CT molecular complexity index is 960. The summed E-state index contributed by atoms with van der Waals surface area (Å²) in [7, 11) is 2.05. The fraction of sp³-hybridized carbons (Fsp3) is 0.389. The van der Waals surface area contributed by atoms with Gasteiger partial charge in [-0.1, -0.05) is 17.7 Å². The van der Waals surface area contributed by atoms with Gasteiger partial charge in [-0.2, -0.15) is 4.98 Å². The van der Waals surface area contributed by atoms with E-state index in [0.29, 0.717) is 28.9 Å². The van der Waals surface area contributed by atoms with Gasteiger partial charge in [0.2, 0.25) is 5.65 Å². The molecule has 4 rings (SSSR count). The van der Waals surface area contributed by atoms with Gasteiger partial charge in [-0.15, -0.1) is 5.10 Å². The van der Waals surface area contributed by atoms with Gasteiger partial charge in [-0.25, -0.2) is 13.9 Å². The highest BCUT2D eigenvalue weighted by Gasteiger charge is 2.22. The van der Waals surface area contributed by atoms with Crippen LogP contribution in [0.1, 0.15) is 24.1 Å². The molecule has 0 bridgehead atoms. The molecule has 2 aromatic heterocycles. The Morgan fingerprint density at radius 3 is 3.00 bits per heavy atom. The molecule has 1 fully saturated rings. The second-order valence-electron chi connectivity index (χ2n) is 6.67. The second kappa shape index (κ2) is 7.28. The molecule has 0 radical (unpaired) electrons. The Kier molecular flexibility index (Phi) is 4.84. The first-order chi connectivity index (χ1) is 13.0. The van der Waals surface area contributed by atoms with E-state index in [1.54, 1.807) is 12.1 Å². The fourth-order valence-electron chi connectivity index (χ4n) is 3.32. The molecule has 3 aromatic rings. The van der Waals surface area contributed by atoms with Crippen molar-refractivity contribution in [3.05, 3.63) is 46.5 Å². The molecule has 9 heteroatoms. The maximum absolute atomic E-state index is 14.1. The number of imidazole rings is 1. The van der Waals surface area contributed by atoms with Crippen molar-refractivity contribution in [1.29, 1.82) is 0 Å². The summed E-state index contributed by atoms with van der Waals surface area (Å²) >= 11 is 6.12. The van der Waals surface area contributed by atoms with Gasteiger partial charge in [0.05, 0.1) is 11.9 Å². The van der Waals surface area contributed by atoms with Gasteiger partial charge in [0, 0.05) is 23.0 Å². The average Bonchev–Trinajstić information content (AvgIpc) is 3.23. The minimum Gasteiger partial charge on any atom is -0.490 e. The number of rotatable bonds is 5. The summed E-state index contributed by atoms with van der Waals surface area (Å²) in [6, 6.07) is 4.88. The van der Waals surface area contributed by atoms with E-state index in [4.69, 9.17) is 16.3 Å². The van der Waals surface area contributed by atoms with Crippen molar-refractivity contribution in [3.63, 3.8) is 0 Å². The molecular formula is C18H19ClFN5O2. The van der Waals surface area contributed by atoms with Crippen molar-refractivity contribution in [2.75, 3.05) is 20.2 Å². The number of ether oxygens (including phenoxy) is 1. The van der Waals surface area contributed by atoms with Crippen LogP contribution < -0.4 is 4.74 Å². The lowest BCUT2D eigenvalue weighted by Gasteiger charge is -2.18. The van der Waals surface area contributed by atoms with Crippen LogP contribution in [-0.4, -0.2) is 55.8 Å². The molecule has 0 saturated carbocycles. The molecule has 3 heterocycles. The van der Waals surface area contributed by atoms with Crippen molar-refractivity contribution in [3.8, 4) is 11.9 Å². The van der Waals surface area contributed by atoms with Crippen LogP contribution in [0.4, 0.5) is 4.39 Å². The lowest BCUT2D eigenvalue weighted by molar-refractivity contribution is 0.184. The van der Waals surface area contributed by atoms with Gasteiger partial charge in [-0.05, 0) is 38.6 Å². The van der Waals surface area contributed by atoms with Gasteiger partial charge in [-0.3, -0.25) is 0 Å². The molecule has 1 aliphatic rings. The maximum atomic E-state index is 14.1. The number of hydrogen-bond acceptors (Lipinski definition) is 6. The quantitative estimate of drug-likeness (QED) is 0.720. The number of nitrogens with zero attached hydrogens (tertiary/aromatic N) is 5. The number of hydrogen-bond donors (Lipinski definition) is 1. The zero-order valence-electron chi connectivity index (χ0n) is 14.8. The van der Waals surface area contributed by atoms with Crippen molar-refractivity contribution >= 4 is 17.2 Å². The number of fused-ring (bicyclic) bond motifs is 1. The Morgan fingerprint density at radius 1 is 1.41 bits per heavy atom. The normalized spacial score (nSPS) is 17.7. The van der Waals surface area contributed by atoms with Gasteiger partial charge in [0.1, 0.15) is 12.4 Å². The first-order valence-corrected chi connectivity index (χ1v) is 9.10. The molecule has 1 aliphatic heterocycles. The van der Waals surface area contributed by atoms with E-state index in [0.717, 1.165) is 19.4 Å². The summed E-state index contributed by atoms with van der Waals surface area (Å²) in [5, 5.41) is 14.8. The predicted molar refractivity (Wildman–Crippen MR) is 97.8 cm³/mol.